The van der Waals surface area contributed by atoms with Gasteiger partial charge in [-0.15, -0.1) is 0 Å². The molecule has 150 valence electrons. The van der Waals surface area contributed by atoms with Crippen LogP contribution in [0.4, 0.5) is 5.69 Å². The fourth-order valence-electron chi connectivity index (χ4n) is 3.16. The quantitative estimate of drug-likeness (QED) is 0.573. The standard InChI is InChI=1S/C24H26N2O3/c1-24(2,3)18-11-12-21(27)20(14-18)26-23(29)15-25-22(28)13-17-9-6-8-16-7-4-5-10-19(16)17/h4-12,14,27H,13,15H2,1-3H3,(H,25,28)(H,26,29). The summed E-state index contributed by atoms with van der Waals surface area (Å²) >= 11 is 0. The Labute approximate surface area is 170 Å². The highest BCUT2D eigenvalue weighted by atomic mass is 16.3. The SMILES string of the molecule is CC(C)(C)c1ccc(O)c(NC(=O)CNC(=O)Cc2cccc3ccccc23)c1. The maximum absolute atomic E-state index is 12.3. The number of nitrogens with one attached hydrogen (secondary N) is 2. The van der Waals surface area contributed by atoms with Gasteiger partial charge < -0.3 is 15.7 Å². The van der Waals surface area contributed by atoms with Crippen molar-refractivity contribution in [2.45, 2.75) is 32.6 Å². The van der Waals surface area contributed by atoms with Crippen molar-refractivity contribution in [1.29, 1.82) is 0 Å². The Bertz CT molecular complexity index is 1050. The predicted octanol–water partition coefficient (Wildman–Crippen LogP) is 4.14. The molecule has 3 N–H and O–H groups in total. The summed E-state index contributed by atoms with van der Waals surface area (Å²) in [5, 5.41) is 17.4. The second-order valence-corrected chi connectivity index (χ2v) is 8.12. The van der Waals surface area contributed by atoms with Gasteiger partial charge in [0.15, 0.2) is 0 Å². The number of benzene rings is 3. The number of hydrogen-bond acceptors (Lipinski definition) is 3. The zero-order valence-corrected chi connectivity index (χ0v) is 17.0. The Morgan fingerprint density at radius 2 is 1.66 bits per heavy atom. The summed E-state index contributed by atoms with van der Waals surface area (Å²) in [5.74, 6) is -0.629. The fraction of sp³-hybridized carbons (Fsp3) is 0.250. The van der Waals surface area contributed by atoms with Crippen LogP contribution >= 0.6 is 0 Å². The summed E-state index contributed by atoms with van der Waals surface area (Å²) in [4.78, 5) is 24.6. The van der Waals surface area contributed by atoms with Crippen molar-refractivity contribution >= 4 is 28.3 Å². The summed E-state index contributed by atoms with van der Waals surface area (Å²) in [7, 11) is 0. The van der Waals surface area contributed by atoms with Crippen LogP contribution in [0.1, 0.15) is 31.9 Å². The van der Waals surface area contributed by atoms with E-state index in [4.69, 9.17) is 0 Å². The molecule has 0 spiro atoms. The van der Waals surface area contributed by atoms with E-state index in [1.54, 1.807) is 12.1 Å². The van der Waals surface area contributed by atoms with Gasteiger partial charge in [0, 0.05) is 0 Å². The number of carbonyl (C=O) groups is 2. The molecule has 0 aliphatic carbocycles. The van der Waals surface area contributed by atoms with Crippen LogP contribution in [-0.2, 0) is 21.4 Å². The summed E-state index contributed by atoms with van der Waals surface area (Å²) in [6.07, 6.45) is 0.194. The molecule has 0 heterocycles. The molecule has 0 atom stereocenters. The third kappa shape index (κ3) is 5.13. The molecule has 0 bridgehead atoms. The second kappa shape index (κ2) is 8.35. The number of aromatic hydroxyl groups is 1. The minimum atomic E-state index is -0.391. The topological polar surface area (TPSA) is 78.4 Å². The number of phenolic OH excluding ortho intramolecular Hbond substituents is 1. The molecule has 0 saturated carbocycles. The van der Waals surface area contributed by atoms with Gasteiger partial charge in [0.25, 0.3) is 0 Å². The molecule has 3 aromatic rings. The molecule has 0 aliphatic heterocycles. The highest BCUT2D eigenvalue weighted by Gasteiger charge is 2.17. The third-order valence-corrected chi connectivity index (χ3v) is 4.81. The van der Waals surface area contributed by atoms with E-state index in [1.165, 1.54) is 0 Å². The van der Waals surface area contributed by atoms with Gasteiger partial charge in [-0.2, -0.15) is 0 Å². The molecule has 0 radical (unpaired) electrons. The predicted molar refractivity (Wildman–Crippen MR) is 116 cm³/mol. The minimum absolute atomic E-state index is 0.00608. The largest absolute Gasteiger partial charge is 0.506 e. The second-order valence-electron chi connectivity index (χ2n) is 8.12. The molecular formula is C24H26N2O3. The fourth-order valence-corrected chi connectivity index (χ4v) is 3.16. The van der Waals surface area contributed by atoms with Gasteiger partial charge in [-0.25, -0.2) is 0 Å². The van der Waals surface area contributed by atoms with Crippen LogP contribution in [0.2, 0.25) is 0 Å². The van der Waals surface area contributed by atoms with Crippen LogP contribution in [0, 0.1) is 0 Å². The van der Waals surface area contributed by atoms with Gasteiger partial charge in [0.1, 0.15) is 5.75 Å². The molecule has 0 aromatic heterocycles. The zero-order valence-electron chi connectivity index (χ0n) is 17.0. The smallest absolute Gasteiger partial charge is 0.243 e. The molecule has 5 nitrogen and oxygen atoms in total. The van der Waals surface area contributed by atoms with E-state index in [0.717, 1.165) is 21.9 Å². The van der Waals surface area contributed by atoms with Crippen LogP contribution in [0.25, 0.3) is 10.8 Å². The van der Waals surface area contributed by atoms with E-state index < -0.39 is 5.91 Å². The molecular weight excluding hydrogens is 364 g/mol. The van der Waals surface area contributed by atoms with Gasteiger partial charge >= 0.3 is 0 Å². The molecule has 2 amide bonds. The molecule has 0 saturated heterocycles. The molecule has 0 aliphatic rings. The number of phenols is 1. The molecule has 3 aromatic carbocycles. The van der Waals surface area contributed by atoms with E-state index >= 15 is 0 Å². The molecule has 29 heavy (non-hydrogen) atoms. The number of rotatable bonds is 5. The first-order valence-electron chi connectivity index (χ1n) is 9.61. The third-order valence-electron chi connectivity index (χ3n) is 4.81. The van der Waals surface area contributed by atoms with Gasteiger partial charge in [0.2, 0.25) is 11.8 Å². The van der Waals surface area contributed by atoms with E-state index in [0.29, 0.717) is 5.69 Å². The molecule has 3 rings (SSSR count). The highest BCUT2D eigenvalue weighted by molar-refractivity contribution is 5.96. The molecule has 0 fully saturated rings. The lowest BCUT2D eigenvalue weighted by Crippen LogP contribution is -2.33. The van der Waals surface area contributed by atoms with Gasteiger partial charge in [-0.05, 0) is 39.4 Å². The van der Waals surface area contributed by atoms with Crippen molar-refractivity contribution in [2.24, 2.45) is 0 Å². The highest BCUT2D eigenvalue weighted by Crippen LogP contribution is 2.30. The summed E-state index contributed by atoms with van der Waals surface area (Å²) in [5.41, 5.74) is 2.13. The average Bonchev–Trinajstić information content (AvgIpc) is 2.67. The van der Waals surface area contributed by atoms with Gasteiger partial charge in [0.05, 0.1) is 18.7 Å². The number of amides is 2. The number of hydrogen-bond donors (Lipinski definition) is 3. The van der Waals surface area contributed by atoms with E-state index in [1.807, 2.05) is 48.5 Å². The van der Waals surface area contributed by atoms with Crippen molar-refractivity contribution in [3.8, 4) is 5.75 Å². The summed E-state index contributed by atoms with van der Waals surface area (Å²) in [6, 6.07) is 18.9. The molecule has 0 unspecified atom stereocenters. The Kier molecular flexibility index (Phi) is 5.87. The first-order chi connectivity index (χ1) is 13.7. The van der Waals surface area contributed by atoms with Crippen LogP contribution in [-0.4, -0.2) is 23.5 Å². The maximum atomic E-state index is 12.3. The van der Waals surface area contributed by atoms with Crippen LogP contribution in [0.5, 0.6) is 5.75 Å². The minimum Gasteiger partial charge on any atom is -0.506 e. The van der Waals surface area contributed by atoms with Crippen LogP contribution in [0.3, 0.4) is 0 Å². The van der Waals surface area contributed by atoms with Crippen molar-refractivity contribution in [1.82, 2.24) is 5.32 Å². The van der Waals surface area contributed by atoms with E-state index in [9.17, 15) is 14.7 Å². The lowest BCUT2D eigenvalue weighted by Gasteiger charge is -2.20. The van der Waals surface area contributed by atoms with Crippen molar-refractivity contribution in [3.05, 3.63) is 71.8 Å². The monoisotopic (exact) mass is 390 g/mol. The Morgan fingerprint density at radius 1 is 0.931 bits per heavy atom. The zero-order chi connectivity index (χ0) is 21.0. The summed E-state index contributed by atoms with van der Waals surface area (Å²) < 4.78 is 0. The summed E-state index contributed by atoms with van der Waals surface area (Å²) in [6.45, 7) is 6.00. The lowest BCUT2D eigenvalue weighted by molar-refractivity contribution is -0.123. The van der Waals surface area contributed by atoms with E-state index in [2.05, 4.69) is 31.4 Å². The van der Waals surface area contributed by atoms with Crippen molar-refractivity contribution in [3.63, 3.8) is 0 Å². The van der Waals surface area contributed by atoms with E-state index in [-0.39, 0.29) is 30.0 Å². The van der Waals surface area contributed by atoms with Crippen LogP contribution < -0.4 is 10.6 Å². The Balaban J connectivity index is 1.60. The number of fused-ring (bicyclic) bond motifs is 1. The number of anilines is 1. The molecule has 5 heteroatoms. The van der Waals surface area contributed by atoms with Gasteiger partial charge in [-0.1, -0.05) is 69.3 Å². The van der Waals surface area contributed by atoms with Crippen molar-refractivity contribution in [2.75, 3.05) is 11.9 Å². The first kappa shape index (κ1) is 20.4. The Hall–Kier alpha value is -3.34. The average molecular weight is 390 g/mol. The van der Waals surface area contributed by atoms with Crippen LogP contribution in [0.15, 0.2) is 60.7 Å². The normalized spacial score (nSPS) is 11.3. The Morgan fingerprint density at radius 3 is 2.41 bits per heavy atom. The number of carbonyl (C=O) groups excluding carboxylic acids is 2. The van der Waals surface area contributed by atoms with Crippen molar-refractivity contribution < 1.29 is 14.7 Å². The first-order valence-corrected chi connectivity index (χ1v) is 9.61. The lowest BCUT2D eigenvalue weighted by atomic mass is 9.87. The van der Waals surface area contributed by atoms with Gasteiger partial charge in [-0.3, -0.25) is 9.59 Å². The maximum Gasteiger partial charge on any atom is 0.243 e.